The van der Waals surface area contributed by atoms with Gasteiger partial charge in [-0.1, -0.05) is 0 Å². The second-order valence-electron chi connectivity index (χ2n) is 8.41. The fourth-order valence-corrected chi connectivity index (χ4v) is 2.97. The molecule has 0 heterocycles. The van der Waals surface area contributed by atoms with E-state index >= 15 is 0 Å². The van der Waals surface area contributed by atoms with Gasteiger partial charge in [-0.2, -0.15) is 0 Å². The number of nitrogens with two attached hydrogens (primary N) is 1. The van der Waals surface area contributed by atoms with Crippen molar-refractivity contribution in [1.82, 2.24) is 10.6 Å². The van der Waals surface area contributed by atoms with E-state index < -0.39 is 0 Å². The number of carbonyl (C=O) groups excluding carboxylic acids is 2. The van der Waals surface area contributed by atoms with Crippen LogP contribution in [0, 0.1) is 0 Å². The molecule has 0 unspecified atom stereocenters. The number of Topliss-reactive ketones (excluding diaryl/α,β-unsaturated/α-hetero) is 1. The van der Waals surface area contributed by atoms with Crippen molar-refractivity contribution in [2.75, 3.05) is 98.9 Å². The summed E-state index contributed by atoms with van der Waals surface area (Å²) in [4.78, 5) is 22.5. The first-order valence-corrected chi connectivity index (χ1v) is 13.0. The second kappa shape index (κ2) is 23.8. The predicted molar refractivity (Wildman–Crippen MR) is 136 cm³/mol. The van der Waals surface area contributed by atoms with Gasteiger partial charge in [0.05, 0.1) is 59.5 Å². The molecule has 210 valence electrons. The van der Waals surface area contributed by atoms with E-state index in [1.54, 1.807) is 0 Å². The maximum atomic E-state index is 11.7. The molecule has 1 rings (SSSR count). The Hall–Kier alpha value is -1.60. The normalized spacial score (nSPS) is 12.6. The highest BCUT2D eigenvalue weighted by molar-refractivity contribution is 5.77. The van der Waals surface area contributed by atoms with Crippen molar-refractivity contribution in [3.8, 4) is 0 Å². The van der Waals surface area contributed by atoms with Crippen LogP contribution in [-0.2, 0) is 38.0 Å². The van der Waals surface area contributed by atoms with Crippen molar-refractivity contribution < 1.29 is 38.0 Å². The lowest BCUT2D eigenvalue weighted by Crippen LogP contribution is -2.31. The van der Waals surface area contributed by atoms with Crippen molar-refractivity contribution >= 4 is 11.7 Å². The Bertz CT molecular complexity index is 598. The molecule has 1 aliphatic rings. The summed E-state index contributed by atoms with van der Waals surface area (Å²) >= 11 is 0. The van der Waals surface area contributed by atoms with Crippen LogP contribution in [0.25, 0.3) is 0 Å². The molecule has 1 amide bonds. The Labute approximate surface area is 215 Å². The average Bonchev–Trinajstić information content (AvgIpc) is 3.70. The van der Waals surface area contributed by atoms with Gasteiger partial charge in [-0.15, -0.1) is 0 Å². The lowest BCUT2D eigenvalue weighted by molar-refractivity contribution is -0.126. The number of hydrogen-bond acceptors (Lipinski definition) is 10. The lowest BCUT2D eigenvalue weighted by atomic mass is 10.2. The second-order valence-corrected chi connectivity index (χ2v) is 8.41. The molecule has 0 aliphatic heterocycles. The zero-order chi connectivity index (χ0) is 26.1. The van der Waals surface area contributed by atoms with Crippen LogP contribution in [0.1, 0.15) is 39.0 Å². The molecule has 0 saturated heterocycles. The van der Waals surface area contributed by atoms with Gasteiger partial charge in [-0.25, -0.2) is 0 Å². The van der Waals surface area contributed by atoms with Crippen LogP contribution < -0.4 is 16.4 Å². The number of unbranched alkanes of at least 4 members (excludes halogenated alkanes) is 2. The Morgan fingerprint density at radius 3 is 1.83 bits per heavy atom. The number of ketones is 1. The van der Waals surface area contributed by atoms with Crippen LogP contribution in [0.5, 0.6) is 0 Å². The molecule has 0 aromatic rings. The quantitative estimate of drug-likeness (QED) is 0.132. The van der Waals surface area contributed by atoms with E-state index in [4.69, 9.17) is 34.2 Å². The van der Waals surface area contributed by atoms with Crippen LogP contribution in [0.3, 0.4) is 0 Å². The molecule has 11 nitrogen and oxygen atoms in total. The highest BCUT2D eigenvalue weighted by atomic mass is 16.5. The van der Waals surface area contributed by atoms with E-state index in [0.717, 1.165) is 44.3 Å². The zero-order valence-electron chi connectivity index (χ0n) is 22.0. The fraction of sp³-hybridized carbons (Fsp3) is 0.840. The predicted octanol–water partition coefficient (Wildman–Crippen LogP) is 0.558. The van der Waals surface area contributed by atoms with Gasteiger partial charge < -0.3 is 44.8 Å². The van der Waals surface area contributed by atoms with Crippen LogP contribution in [0.4, 0.5) is 0 Å². The molecule has 0 radical (unpaired) electrons. The number of allylic oxidation sites excluding steroid dienone is 1. The maximum Gasteiger partial charge on any atom is 0.246 e. The van der Waals surface area contributed by atoms with Gasteiger partial charge in [0.1, 0.15) is 13.2 Å². The molecule has 0 aromatic carbocycles. The van der Waals surface area contributed by atoms with Gasteiger partial charge in [0.15, 0.2) is 5.78 Å². The molecule has 0 aromatic heterocycles. The van der Waals surface area contributed by atoms with Crippen LogP contribution in [0.2, 0.25) is 0 Å². The van der Waals surface area contributed by atoms with Crippen molar-refractivity contribution in [2.24, 2.45) is 5.73 Å². The monoisotopic (exact) mass is 517 g/mol. The summed E-state index contributed by atoms with van der Waals surface area (Å²) in [6.07, 6.45) is 5.30. The van der Waals surface area contributed by atoms with E-state index in [1.807, 2.05) is 0 Å². The van der Waals surface area contributed by atoms with E-state index in [9.17, 15) is 9.59 Å². The topological polar surface area (TPSA) is 140 Å². The van der Waals surface area contributed by atoms with Crippen molar-refractivity contribution in [3.05, 3.63) is 11.3 Å². The zero-order valence-corrected chi connectivity index (χ0v) is 22.0. The van der Waals surface area contributed by atoms with Crippen molar-refractivity contribution in [1.29, 1.82) is 0 Å². The Balaban J connectivity index is 1.86. The SMILES string of the molecule is CC(=O)COCCOCCNC(COCCOCCNC(=O)COCCOCCCCCN)=C1CC1. The first-order chi connectivity index (χ1) is 17.6. The van der Waals surface area contributed by atoms with Crippen LogP contribution in [-0.4, -0.2) is 111 Å². The average molecular weight is 518 g/mol. The highest BCUT2D eigenvalue weighted by Gasteiger charge is 2.17. The third kappa shape index (κ3) is 21.7. The standard InChI is InChI=1S/C25H47N3O8/c1-22(29)19-34-16-14-32-11-8-27-24(23-5-6-23)20-35-17-15-33-12-9-28-25(30)21-36-18-13-31-10-4-2-3-7-26/h27H,2-21,26H2,1H3,(H,28,30). The van der Waals surface area contributed by atoms with E-state index in [2.05, 4.69) is 10.6 Å². The van der Waals surface area contributed by atoms with Gasteiger partial charge in [-0.05, 0) is 51.1 Å². The lowest BCUT2D eigenvalue weighted by Gasteiger charge is -2.12. The molecule has 4 N–H and O–H groups in total. The summed E-state index contributed by atoms with van der Waals surface area (Å²) in [5, 5.41) is 6.13. The van der Waals surface area contributed by atoms with Gasteiger partial charge in [-0.3, -0.25) is 9.59 Å². The molecular weight excluding hydrogens is 470 g/mol. The van der Waals surface area contributed by atoms with Crippen molar-refractivity contribution in [3.63, 3.8) is 0 Å². The number of rotatable bonds is 27. The minimum Gasteiger partial charge on any atom is -0.384 e. The fourth-order valence-electron chi connectivity index (χ4n) is 2.97. The van der Waals surface area contributed by atoms with Gasteiger partial charge in [0.25, 0.3) is 0 Å². The molecular formula is C25H47N3O8. The Kier molecular flexibility index (Phi) is 21.4. The molecule has 0 atom stereocenters. The summed E-state index contributed by atoms with van der Waals surface area (Å²) in [5.41, 5.74) is 7.95. The first kappa shape index (κ1) is 32.4. The first-order valence-electron chi connectivity index (χ1n) is 13.0. The van der Waals surface area contributed by atoms with E-state index in [0.29, 0.717) is 79.2 Å². The third-order valence-electron chi connectivity index (χ3n) is 4.97. The largest absolute Gasteiger partial charge is 0.384 e. The molecule has 0 bridgehead atoms. The number of carbonyl (C=O) groups is 2. The maximum absolute atomic E-state index is 11.7. The third-order valence-corrected chi connectivity index (χ3v) is 4.97. The summed E-state index contributed by atoms with van der Waals surface area (Å²) in [5.74, 6) is -0.157. The number of hydrogen-bond donors (Lipinski definition) is 3. The van der Waals surface area contributed by atoms with E-state index in [-0.39, 0.29) is 24.9 Å². The number of nitrogens with one attached hydrogen (secondary N) is 2. The molecule has 0 spiro atoms. The number of ether oxygens (including phenoxy) is 6. The summed E-state index contributed by atoms with van der Waals surface area (Å²) in [6, 6.07) is 0. The highest BCUT2D eigenvalue weighted by Crippen LogP contribution is 2.30. The van der Waals surface area contributed by atoms with Crippen LogP contribution in [0.15, 0.2) is 11.3 Å². The van der Waals surface area contributed by atoms with Gasteiger partial charge >= 0.3 is 0 Å². The Morgan fingerprint density at radius 2 is 1.22 bits per heavy atom. The molecule has 1 saturated carbocycles. The summed E-state index contributed by atoms with van der Waals surface area (Å²) in [7, 11) is 0. The summed E-state index contributed by atoms with van der Waals surface area (Å²) < 4.78 is 32.6. The molecule has 1 aliphatic carbocycles. The van der Waals surface area contributed by atoms with E-state index in [1.165, 1.54) is 12.5 Å². The molecule has 11 heteroatoms. The summed E-state index contributed by atoms with van der Waals surface area (Å²) in [6.45, 7) is 8.38. The molecule has 1 fully saturated rings. The molecule has 36 heavy (non-hydrogen) atoms. The smallest absolute Gasteiger partial charge is 0.246 e. The number of amides is 1. The van der Waals surface area contributed by atoms with Gasteiger partial charge in [0, 0.05) is 25.4 Å². The minimum atomic E-state index is -0.169. The van der Waals surface area contributed by atoms with Gasteiger partial charge in [0.2, 0.25) is 5.91 Å². The Morgan fingerprint density at radius 1 is 0.667 bits per heavy atom. The van der Waals surface area contributed by atoms with Crippen LogP contribution >= 0.6 is 0 Å². The minimum absolute atomic E-state index is 0.0121. The van der Waals surface area contributed by atoms with Crippen molar-refractivity contribution in [2.45, 2.75) is 39.0 Å².